The molecule has 0 fully saturated rings. The van der Waals surface area contributed by atoms with Crippen molar-refractivity contribution in [2.24, 2.45) is 0 Å². The third-order valence-corrected chi connectivity index (χ3v) is 0.1000. The fraction of sp³-hybridized carbons (Fsp3) is 1.00. The highest BCUT2D eigenvalue weighted by Crippen LogP contribution is 1.47. The highest BCUT2D eigenvalue weighted by molar-refractivity contribution is 7.83. The van der Waals surface area contributed by atoms with E-state index in [2.05, 4.69) is 0 Å². The van der Waals surface area contributed by atoms with E-state index in [9.17, 15) is 4.21 Å². The summed E-state index contributed by atoms with van der Waals surface area (Å²) in [7, 11) is -0.611. The minimum Gasteiger partial charge on any atom is -0.394 e. The highest BCUT2D eigenvalue weighted by atomic mass is 32.2. The molecule has 0 aliphatic rings. The maximum atomic E-state index is 9.56. The number of hydrogen-bond acceptors (Lipinski definition) is 3. The molecule has 0 bridgehead atoms. The van der Waals surface area contributed by atoms with Crippen molar-refractivity contribution in [3.63, 3.8) is 0 Å². The van der Waals surface area contributed by atoms with E-state index in [1.54, 1.807) is 12.5 Å². The number of rotatable bonds is 1. The summed E-state index contributed by atoms with van der Waals surface area (Å²) in [5.74, 6) is 0. The Hall–Kier alpha value is 0.0700. The topological polar surface area (TPSA) is 57.5 Å². The van der Waals surface area contributed by atoms with Gasteiger partial charge in [-0.3, -0.25) is 4.21 Å². The van der Waals surface area contributed by atoms with Crippen molar-refractivity contribution in [1.82, 2.24) is 0 Å². The normalized spacial score (nSPS) is 8.12. The fourth-order valence-electron chi connectivity index (χ4n) is 0. The summed E-state index contributed by atoms with van der Waals surface area (Å²) in [6, 6.07) is 0. The first kappa shape index (κ1) is 10.9. The molecular weight excluding hydrogens is 128 g/mol. The summed E-state index contributed by atoms with van der Waals surface area (Å²) in [5.41, 5.74) is 0. The van der Waals surface area contributed by atoms with Crippen LogP contribution >= 0.6 is 0 Å². The minimum absolute atomic E-state index is 0.125. The van der Waals surface area contributed by atoms with E-state index in [0.29, 0.717) is 0 Å². The summed E-state index contributed by atoms with van der Waals surface area (Å²) >= 11 is 0. The van der Waals surface area contributed by atoms with Crippen molar-refractivity contribution in [3.05, 3.63) is 0 Å². The number of hydrogen-bond donors (Lipinski definition) is 2. The molecule has 0 aromatic rings. The van der Waals surface area contributed by atoms with Gasteiger partial charge in [-0.1, -0.05) is 0 Å². The van der Waals surface area contributed by atoms with Crippen LogP contribution in [0.25, 0.3) is 0 Å². The lowest BCUT2D eigenvalue weighted by Gasteiger charge is -1.70. The molecule has 0 radical (unpaired) electrons. The molecule has 0 amide bonds. The van der Waals surface area contributed by atoms with Crippen molar-refractivity contribution in [2.45, 2.75) is 0 Å². The maximum absolute atomic E-state index is 9.56. The van der Waals surface area contributed by atoms with E-state index in [-0.39, 0.29) is 13.2 Å². The minimum atomic E-state index is -0.611. The van der Waals surface area contributed by atoms with Crippen molar-refractivity contribution < 1.29 is 14.4 Å². The summed E-state index contributed by atoms with van der Waals surface area (Å²) in [5, 5.41) is 15.2. The molecule has 0 aliphatic carbocycles. The van der Waals surface area contributed by atoms with Crippen LogP contribution in [0, 0.1) is 0 Å². The van der Waals surface area contributed by atoms with Crippen LogP contribution in [0.15, 0.2) is 0 Å². The first-order chi connectivity index (χ1) is 3.65. The van der Waals surface area contributed by atoms with E-state index in [1.165, 1.54) is 0 Å². The van der Waals surface area contributed by atoms with Crippen LogP contribution in [-0.4, -0.2) is 40.1 Å². The average molecular weight is 140 g/mol. The van der Waals surface area contributed by atoms with Crippen LogP contribution in [0.5, 0.6) is 0 Å². The fourth-order valence-corrected chi connectivity index (χ4v) is 0. The summed E-state index contributed by atoms with van der Waals surface area (Å²) in [6.07, 6.45) is 3.28. The molecule has 8 heavy (non-hydrogen) atoms. The predicted octanol–water partition coefficient (Wildman–Crippen LogP) is -1.03. The van der Waals surface area contributed by atoms with Gasteiger partial charge < -0.3 is 10.2 Å². The average Bonchev–Trinajstić information content (AvgIpc) is 1.65. The molecule has 0 rings (SSSR count). The first-order valence-corrected chi connectivity index (χ1v) is 4.08. The summed E-state index contributed by atoms with van der Waals surface area (Å²) in [6.45, 7) is -0.250. The van der Waals surface area contributed by atoms with Gasteiger partial charge in [-0.05, 0) is 0 Å². The van der Waals surface area contributed by atoms with Gasteiger partial charge in [-0.2, -0.15) is 0 Å². The Labute approximate surface area is 51.8 Å². The van der Waals surface area contributed by atoms with E-state index in [0.717, 1.165) is 0 Å². The van der Waals surface area contributed by atoms with Crippen LogP contribution < -0.4 is 0 Å². The second-order valence-corrected chi connectivity index (χ2v) is 2.67. The molecule has 3 nitrogen and oxygen atoms in total. The van der Waals surface area contributed by atoms with Crippen molar-refractivity contribution in [2.75, 3.05) is 25.7 Å². The van der Waals surface area contributed by atoms with Gasteiger partial charge in [0.25, 0.3) is 0 Å². The van der Waals surface area contributed by atoms with Gasteiger partial charge in [0.2, 0.25) is 0 Å². The highest BCUT2D eigenvalue weighted by Gasteiger charge is 1.58. The molecule has 0 aliphatic heterocycles. The zero-order valence-corrected chi connectivity index (χ0v) is 5.94. The third kappa shape index (κ3) is 136. The lowest BCUT2D eigenvalue weighted by atomic mass is 10.8. The van der Waals surface area contributed by atoms with Crippen molar-refractivity contribution in [1.29, 1.82) is 0 Å². The maximum Gasteiger partial charge on any atom is 0.0662 e. The molecule has 0 atom stereocenters. The van der Waals surface area contributed by atoms with Crippen LogP contribution in [0.3, 0.4) is 0 Å². The van der Waals surface area contributed by atoms with Crippen molar-refractivity contribution >= 4 is 10.8 Å². The zero-order chi connectivity index (χ0) is 6.99. The molecule has 0 saturated heterocycles. The first-order valence-electron chi connectivity index (χ1n) is 2.12. The Morgan fingerprint density at radius 3 is 1.38 bits per heavy atom. The molecule has 0 saturated carbocycles. The Bertz CT molecular complexity index is 49.2. The van der Waals surface area contributed by atoms with Crippen LogP contribution in [0.1, 0.15) is 0 Å². The SMILES string of the molecule is CS(C)=O.OCCO. The Balaban J connectivity index is 0. The molecule has 0 aromatic carbocycles. The summed E-state index contributed by atoms with van der Waals surface area (Å²) < 4.78 is 9.56. The lowest BCUT2D eigenvalue weighted by Crippen LogP contribution is -1.85. The Morgan fingerprint density at radius 2 is 1.38 bits per heavy atom. The molecule has 0 unspecified atom stereocenters. The van der Waals surface area contributed by atoms with E-state index >= 15 is 0 Å². The van der Waals surface area contributed by atoms with Gasteiger partial charge in [0.05, 0.1) is 13.2 Å². The van der Waals surface area contributed by atoms with Gasteiger partial charge in [0.1, 0.15) is 0 Å². The second kappa shape index (κ2) is 10.1. The molecular formula is C4H12O3S. The molecule has 0 spiro atoms. The van der Waals surface area contributed by atoms with E-state index in [4.69, 9.17) is 10.2 Å². The Kier molecular flexibility index (Phi) is 13.9. The van der Waals surface area contributed by atoms with Gasteiger partial charge >= 0.3 is 0 Å². The number of aliphatic hydroxyl groups excluding tert-OH is 2. The van der Waals surface area contributed by atoms with Crippen LogP contribution in [0.2, 0.25) is 0 Å². The second-order valence-electron chi connectivity index (χ2n) is 1.19. The van der Waals surface area contributed by atoms with E-state index in [1.807, 2.05) is 0 Å². The van der Waals surface area contributed by atoms with Crippen molar-refractivity contribution in [3.8, 4) is 0 Å². The third-order valence-electron chi connectivity index (χ3n) is 0.1000. The quantitative estimate of drug-likeness (QED) is 0.489. The van der Waals surface area contributed by atoms with Crippen LogP contribution in [0.4, 0.5) is 0 Å². The smallest absolute Gasteiger partial charge is 0.0662 e. The lowest BCUT2D eigenvalue weighted by molar-refractivity contribution is 0.186. The molecule has 0 heterocycles. The summed E-state index contributed by atoms with van der Waals surface area (Å²) in [4.78, 5) is 0. The van der Waals surface area contributed by atoms with Gasteiger partial charge in [0.15, 0.2) is 0 Å². The predicted molar refractivity (Wildman–Crippen MR) is 34.2 cm³/mol. The molecule has 52 valence electrons. The standard InChI is InChI=1S/C2H6O2.C2H6OS/c3-1-2-4;1-4(2)3/h3-4H,1-2H2;1-2H3. The van der Waals surface area contributed by atoms with Crippen LogP contribution in [-0.2, 0) is 10.8 Å². The molecule has 0 aromatic heterocycles. The van der Waals surface area contributed by atoms with Gasteiger partial charge in [0, 0.05) is 23.3 Å². The van der Waals surface area contributed by atoms with Gasteiger partial charge in [-0.25, -0.2) is 0 Å². The van der Waals surface area contributed by atoms with Gasteiger partial charge in [-0.15, -0.1) is 0 Å². The number of aliphatic hydroxyl groups is 2. The molecule has 2 N–H and O–H groups in total. The zero-order valence-electron chi connectivity index (χ0n) is 5.13. The monoisotopic (exact) mass is 140 g/mol. The largest absolute Gasteiger partial charge is 0.394 e. The molecule has 4 heteroatoms. The Morgan fingerprint density at radius 1 is 1.25 bits per heavy atom. The van der Waals surface area contributed by atoms with E-state index < -0.39 is 10.8 Å².